The average Bonchev–Trinajstić information content (AvgIpc) is 2.83. The van der Waals surface area contributed by atoms with Crippen molar-refractivity contribution in [3.8, 4) is 0 Å². The minimum atomic E-state index is -3.84. The molecule has 1 amide bonds. The van der Waals surface area contributed by atoms with Crippen LogP contribution in [0.5, 0.6) is 0 Å². The van der Waals surface area contributed by atoms with Crippen molar-refractivity contribution >= 4 is 27.3 Å². The Labute approximate surface area is 199 Å². The quantitative estimate of drug-likeness (QED) is 0.472. The summed E-state index contributed by atoms with van der Waals surface area (Å²) in [6, 6.07) is 20.4. The number of amides is 1. The molecular weight excluding hydrogens is 453 g/mol. The zero-order chi connectivity index (χ0) is 24.1. The molecule has 0 saturated carbocycles. The second-order valence-corrected chi connectivity index (χ2v) is 10.2. The van der Waals surface area contributed by atoms with Gasteiger partial charge in [0.05, 0.1) is 10.6 Å². The van der Waals surface area contributed by atoms with E-state index in [0.29, 0.717) is 6.42 Å². The molecule has 8 heteroatoms. The van der Waals surface area contributed by atoms with Gasteiger partial charge in [0.15, 0.2) is 0 Å². The number of nitrogens with one attached hydrogen (secondary N) is 2. The van der Waals surface area contributed by atoms with Gasteiger partial charge in [-0.05, 0) is 66.3 Å². The molecule has 4 rings (SSSR count). The third-order valence-corrected chi connectivity index (χ3v) is 7.39. The summed E-state index contributed by atoms with van der Waals surface area (Å²) in [4.78, 5) is 13.3. The van der Waals surface area contributed by atoms with Gasteiger partial charge in [0.25, 0.3) is 0 Å². The lowest BCUT2D eigenvalue weighted by Gasteiger charge is -2.30. The van der Waals surface area contributed by atoms with Crippen LogP contribution in [0.3, 0.4) is 0 Å². The summed E-state index contributed by atoms with van der Waals surface area (Å²) in [5.74, 6) is -1.22. The van der Waals surface area contributed by atoms with E-state index in [1.54, 1.807) is 0 Å². The molecule has 6 nitrogen and oxygen atoms in total. The number of hydrogen-bond acceptors (Lipinski definition) is 4. The highest BCUT2D eigenvalue weighted by atomic mass is 32.2. The zero-order valence-electron chi connectivity index (χ0n) is 19.1. The highest BCUT2D eigenvalue weighted by Crippen LogP contribution is 2.25. The molecule has 0 unspecified atom stereocenters. The van der Waals surface area contributed by atoms with Crippen molar-refractivity contribution in [1.29, 1.82) is 0 Å². The van der Waals surface area contributed by atoms with Gasteiger partial charge >= 0.3 is 0 Å². The molecule has 1 aliphatic rings. The monoisotopic (exact) mass is 481 g/mol. The van der Waals surface area contributed by atoms with Crippen molar-refractivity contribution in [3.63, 3.8) is 0 Å². The van der Waals surface area contributed by atoms with Crippen molar-refractivity contribution in [2.24, 2.45) is 0 Å². The van der Waals surface area contributed by atoms with Crippen molar-refractivity contribution in [2.45, 2.75) is 37.6 Å². The number of halogens is 1. The predicted molar refractivity (Wildman–Crippen MR) is 132 cm³/mol. The van der Waals surface area contributed by atoms with Gasteiger partial charge in [0.2, 0.25) is 15.9 Å². The molecule has 0 fully saturated rings. The van der Waals surface area contributed by atoms with Gasteiger partial charge in [-0.15, -0.1) is 0 Å². The Morgan fingerprint density at radius 2 is 1.76 bits per heavy atom. The fourth-order valence-electron chi connectivity index (χ4n) is 4.13. The number of fused-ring (bicyclic) bond motifs is 1. The molecule has 1 heterocycles. The zero-order valence-corrected chi connectivity index (χ0v) is 19.9. The maximum atomic E-state index is 14.1. The van der Waals surface area contributed by atoms with Crippen molar-refractivity contribution in [2.75, 3.05) is 23.3 Å². The molecule has 0 atom stereocenters. The highest BCUT2D eigenvalue weighted by Gasteiger charge is 2.17. The van der Waals surface area contributed by atoms with Crippen molar-refractivity contribution in [1.82, 2.24) is 4.72 Å². The first kappa shape index (κ1) is 23.9. The molecular formula is C26H28FN3O3S. The van der Waals surface area contributed by atoms with Gasteiger partial charge in [0, 0.05) is 32.2 Å². The average molecular weight is 482 g/mol. The maximum absolute atomic E-state index is 14.1. The number of carbonyl (C=O) groups excluding carboxylic acids is 1. The van der Waals surface area contributed by atoms with Crippen LogP contribution in [0.2, 0.25) is 0 Å². The molecule has 0 radical (unpaired) electrons. The Morgan fingerprint density at radius 3 is 2.47 bits per heavy atom. The fourth-order valence-corrected chi connectivity index (χ4v) is 5.21. The van der Waals surface area contributed by atoms with Crippen molar-refractivity contribution < 1.29 is 17.6 Å². The molecule has 2 N–H and O–H groups in total. The van der Waals surface area contributed by atoms with E-state index in [2.05, 4.69) is 63.5 Å². The summed E-state index contributed by atoms with van der Waals surface area (Å²) in [5.41, 5.74) is 5.05. The van der Waals surface area contributed by atoms with Crippen LogP contribution in [0.4, 0.5) is 15.8 Å². The molecule has 0 aromatic heterocycles. The van der Waals surface area contributed by atoms with Crippen LogP contribution in [0.15, 0.2) is 71.6 Å². The van der Waals surface area contributed by atoms with Gasteiger partial charge < -0.3 is 10.2 Å². The lowest BCUT2D eigenvalue weighted by molar-refractivity contribution is -0.114. The van der Waals surface area contributed by atoms with Crippen LogP contribution < -0.4 is 14.9 Å². The molecule has 1 aliphatic heterocycles. The minimum Gasteiger partial charge on any atom is -0.367 e. The number of aryl methyl sites for hydroxylation is 1. The Kier molecular flexibility index (Phi) is 7.29. The molecule has 3 aromatic carbocycles. The minimum absolute atomic E-state index is 0.0522. The third kappa shape index (κ3) is 5.81. The number of nitrogens with zero attached hydrogens (tertiary/aromatic N) is 1. The number of benzene rings is 3. The first-order valence-corrected chi connectivity index (χ1v) is 12.8. The van der Waals surface area contributed by atoms with Crippen LogP contribution in [-0.2, 0) is 34.2 Å². The van der Waals surface area contributed by atoms with Gasteiger partial charge in [-0.3, -0.25) is 4.79 Å². The van der Waals surface area contributed by atoms with Gasteiger partial charge in [-0.2, -0.15) is 0 Å². The van der Waals surface area contributed by atoms with Crippen molar-refractivity contribution in [3.05, 3.63) is 89.2 Å². The van der Waals surface area contributed by atoms with Crippen LogP contribution in [0, 0.1) is 5.82 Å². The molecule has 0 aliphatic carbocycles. The summed E-state index contributed by atoms with van der Waals surface area (Å²) in [6.45, 7) is 3.39. The normalized spacial score (nSPS) is 13.4. The van der Waals surface area contributed by atoms with Crippen LogP contribution in [-0.4, -0.2) is 27.4 Å². The molecule has 0 saturated heterocycles. The summed E-state index contributed by atoms with van der Waals surface area (Å²) < 4.78 is 41.5. The fraction of sp³-hybridized carbons (Fsp3) is 0.269. The summed E-state index contributed by atoms with van der Waals surface area (Å²) in [6.07, 6.45) is 2.38. The topological polar surface area (TPSA) is 78.5 Å². The first-order chi connectivity index (χ1) is 16.3. The molecule has 3 aromatic rings. The molecule has 0 bridgehead atoms. The van der Waals surface area contributed by atoms with Crippen LogP contribution >= 0.6 is 0 Å². The number of anilines is 2. The summed E-state index contributed by atoms with van der Waals surface area (Å²) in [5, 5.41) is 2.32. The second kappa shape index (κ2) is 10.4. The van der Waals surface area contributed by atoms with Gasteiger partial charge in [0.1, 0.15) is 5.82 Å². The maximum Gasteiger partial charge on any atom is 0.240 e. The Bertz CT molecular complexity index is 1280. The van der Waals surface area contributed by atoms with E-state index in [-0.39, 0.29) is 17.1 Å². The van der Waals surface area contributed by atoms with E-state index in [0.717, 1.165) is 37.6 Å². The Morgan fingerprint density at radius 1 is 1.03 bits per heavy atom. The molecule has 34 heavy (non-hydrogen) atoms. The number of rotatable bonds is 8. The predicted octanol–water partition coefficient (Wildman–Crippen LogP) is 4.26. The van der Waals surface area contributed by atoms with Gasteiger partial charge in [-0.25, -0.2) is 17.5 Å². The lowest BCUT2D eigenvalue weighted by atomic mass is 9.99. The summed E-state index contributed by atoms with van der Waals surface area (Å²) in [7, 11) is -3.84. The largest absolute Gasteiger partial charge is 0.367 e. The van der Waals surface area contributed by atoms with Crippen LogP contribution in [0.25, 0.3) is 0 Å². The molecule has 0 spiro atoms. The van der Waals surface area contributed by atoms with E-state index < -0.39 is 21.7 Å². The number of hydrogen-bond donors (Lipinski definition) is 2. The standard InChI is InChI=1S/C26H28FN3O3S/c1-19(31)29-26-13-12-24(17-25(26)27)34(32,33)28-15-4-5-20-8-10-23(11-9-20)30-16-14-21-6-2-3-7-22(21)18-30/h2-3,6-13,17,28H,4-5,14-16,18H2,1H3,(H,29,31). The Hall–Kier alpha value is -3.23. The lowest BCUT2D eigenvalue weighted by Crippen LogP contribution is -2.30. The molecule has 178 valence electrons. The van der Waals surface area contributed by atoms with E-state index >= 15 is 0 Å². The van der Waals surface area contributed by atoms with E-state index in [1.165, 1.54) is 35.9 Å². The van der Waals surface area contributed by atoms with E-state index in [9.17, 15) is 17.6 Å². The smallest absolute Gasteiger partial charge is 0.240 e. The summed E-state index contributed by atoms with van der Waals surface area (Å²) >= 11 is 0. The van der Waals surface area contributed by atoms with E-state index in [1.807, 2.05) is 0 Å². The highest BCUT2D eigenvalue weighted by molar-refractivity contribution is 7.89. The van der Waals surface area contributed by atoms with Gasteiger partial charge in [-0.1, -0.05) is 36.4 Å². The SMILES string of the molecule is CC(=O)Nc1ccc(S(=O)(=O)NCCCc2ccc(N3CCc4ccccc4C3)cc2)cc1F. The number of carbonyl (C=O) groups is 1. The Balaban J connectivity index is 1.28. The third-order valence-electron chi connectivity index (χ3n) is 5.93. The van der Waals surface area contributed by atoms with Crippen LogP contribution in [0.1, 0.15) is 30.0 Å². The second-order valence-electron chi connectivity index (χ2n) is 8.43. The first-order valence-electron chi connectivity index (χ1n) is 11.3. The number of sulfonamides is 1. The van der Waals surface area contributed by atoms with E-state index in [4.69, 9.17) is 0 Å².